The fourth-order valence-electron chi connectivity index (χ4n) is 2.95. The number of amides is 1. The lowest BCUT2D eigenvalue weighted by Crippen LogP contribution is -2.16. The summed E-state index contributed by atoms with van der Waals surface area (Å²) in [5, 5.41) is 22.1. The maximum atomic E-state index is 13.9. The third-order valence-corrected chi connectivity index (χ3v) is 5.53. The van der Waals surface area contributed by atoms with Crippen LogP contribution in [0.5, 0.6) is 11.5 Å². The van der Waals surface area contributed by atoms with Crippen LogP contribution in [0.4, 0.5) is 15.8 Å². The number of benzene rings is 2. The Labute approximate surface area is 193 Å². The molecule has 0 spiro atoms. The van der Waals surface area contributed by atoms with Crippen molar-refractivity contribution in [1.29, 1.82) is 0 Å². The Morgan fingerprint density at radius 1 is 1.24 bits per heavy atom. The summed E-state index contributed by atoms with van der Waals surface area (Å²) in [6.45, 7) is 4.30. The van der Waals surface area contributed by atoms with Gasteiger partial charge in [0.1, 0.15) is 17.3 Å². The fourth-order valence-corrected chi connectivity index (χ4v) is 3.76. The zero-order valence-electron chi connectivity index (χ0n) is 18.1. The molecule has 0 radical (unpaired) electrons. The zero-order valence-corrected chi connectivity index (χ0v) is 19.0. The summed E-state index contributed by atoms with van der Waals surface area (Å²) >= 11 is 1.11. The zero-order chi connectivity index (χ0) is 24.0. The molecule has 174 valence electrons. The summed E-state index contributed by atoms with van der Waals surface area (Å²) in [6, 6.07) is 10.1. The van der Waals surface area contributed by atoms with Crippen LogP contribution in [0.2, 0.25) is 0 Å². The average Bonchev–Trinajstić information content (AvgIpc) is 3.22. The number of carbonyl (C=O) groups excluding carboxylic acids is 1. The Kier molecular flexibility index (Phi) is 7.83. The number of aromatic nitrogens is 3. The molecule has 1 heterocycles. The molecular formula is C21H22FN5O5S. The van der Waals surface area contributed by atoms with Gasteiger partial charge in [-0.1, -0.05) is 11.8 Å². The Hall–Kier alpha value is -3.67. The molecule has 0 aliphatic carbocycles. The van der Waals surface area contributed by atoms with E-state index < -0.39 is 22.8 Å². The molecule has 1 N–H and O–H groups in total. The van der Waals surface area contributed by atoms with Crippen LogP contribution in [-0.4, -0.2) is 38.5 Å². The molecular weight excluding hydrogens is 453 g/mol. The highest BCUT2D eigenvalue weighted by atomic mass is 32.2. The van der Waals surface area contributed by atoms with E-state index in [0.29, 0.717) is 29.0 Å². The molecule has 1 unspecified atom stereocenters. The molecule has 3 aromatic rings. The van der Waals surface area contributed by atoms with Gasteiger partial charge >= 0.3 is 0 Å². The molecule has 33 heavy (non-hydrogen) atoms. The number of thioether (sulfide) groups is 1. The number of methoxy groups -OCH3 is 1. The minimum Gasteiger partial charge on any atom is -0.497 e. The molecule has 2 aromatic carbocycles. The van der Waals surface area contributed by atoms with E-state index in [1.54, 1.807) is 31.4 Å². The summed E-state index contributed by atoms with van der Waals surface area (Å²) in [6.07, 6.45) is -0.409. The number of nitrogens with zero attached hydrogens (tertiary/aromatic N) is 4. The van der Waals surface area contributed by atoms with Gasteiger partial charge in [0.15, 0.2) is 17.1 Å². The molecule has 1 atom stereocenters. The maximum absolute atomic E-state index is 13.9. The number of halogens is 1. The number of nitro groups is 1. The quantitative estimate of drug-likeness (QED) is 0.263. The highest BCUT2D eigenvalue weighted by molar-refractivity contribution is 7.99. The van der Waals surface area contributed by atoms with Gasteiger partial charge in [-0.2, -0.15) is 0 Å². The molecule has 3 rings (SSSR count). The standard InChI is InChI=1S/C21H22FN5O5S/c1-4-26-20(13(2)32-16-8-6-15(31-3)7-9-16)24-25-21(26)33-12-19(28)23-18-11-14(27(29)30)5-10-17(18)22/h5-11,13H,4,12H2,1-3H3,(H,23,28). The summed E-state index contributed by atoms with van der Waals surface area (Å²) < 4.78 is 26.8. The summed E-state index contributed by atoms with van der Waals surface area (Å²) in [7, 11) is 1.59. The first kappa shape index (κ1) is 24.0. The number of hydrogen-bond donors (Lipinski definition) is 1. The molecule has 0 saturated carbocycles. The number of ether oxygens (including phenoxy) is 2. The number of nitrogens with one attached hydrogen (secondary N) is 1. The molecule has 0 saturated heterocycles. The molecule has 12 heteroatoms. The van der Waals surface area contributed by atoms with Gasteiger partial charge in [-0.3, -0.25) is 14.9 Å². The highest BCUT2D eigenvalue weighted by Crippen LogP contribution is 2.26. The second kappa shape index (κ2) is 10.8. The van der Waals surface area contributed by atoms with Crippen LogP contribution in [0, 0.1) is 15.9 Å². The first-order valence-corrected chi connectivity index (χ1v) is 10.9. The molecule has 10 nitrogen and oxygen atoms in total. The van der Waals surface area contributed by atoms with Crippen LogP contribution in [0.15, 0.2) is 47.6 Å². The lowest BCUT2D eigenvalue weighted by molar-refractivity contribution is -0.384. The number of hydrogen-bond acceptors (Lipinski definition) is 8. The first-order valence-electron chi connectivity index (χ1n) is 9.92. The van der Waals surface area contributed by atoms with Gasteiger partial charge in [0.25, 0.3) is 5.69 Å². The minimum absolute atomic E-state index is 0.0893. The van der Waals surface area contributed by atoms with Crippen LogP contribution >= 0.6 is 11.8 Å². The van der Waals surface area contributed by atoms with E-state index in [-0.39, 0.29) is 17.1 Å². The average molecular weight is 476 g/mol. The normalized spacial score (nSPS) is 11.6. The van der Waals surface area contributed by atoms with Crippen LogP contribution in [0.3, 0.4) is 0 Å². The summed E-state index contributed by atoms with van der Waals surface area (Å²) in [4.78, 5) is 22.5. The number of carbonyl (C=O) groups is 1. The lowest BCUT2D eigenvalue weighted by atomic mass is 10.2. The highest BCUT2D eigenvalue weighted by Gasteiger charge is 2.20. The van der Waals surface area contributed by atoms with E-state index in [1.807, 2.05) is 18.4 Å². The van der Waals surface area contributed by atoms with Gasteiger partial charge in [-0.15, -0.1) is 10.2 Å². The topological polar surface area (TPSA) is 121 Å². The van der Waals surface area contributed by atoms with Crippen molar-refractivity contribution >= 4 is 29.0 Å². The van der Waals surface area contributed by atoms with Crippen LogP contribution < -0.4 is 14.8 Å². The lowest BCUT2D eigenvalue weighted by Gasteiger charge is -2.15. The minimum atomic E-state index is -0.762. The van der Waals surface area contributed by atoms with Crippen molar-refractivity contribution in [2.45, 2.75) is 31.7 Å². The monoisotopic (exact) mass is 475 g/mol. The Morgan fingerprint density at radius 3 is 2.58 bits per heavy atom. The molecule has 1 aromatic heterocycles. The number of rotatable bonds is 10. The van der Waals surface area contributed by atoms with Gasteiger partial charge in [0.05, 0.1) is 23.5 Å². The van der Waals surface area contributed by atoms with E-state index in [4.69, 9.17) is 9.47 Å². The third-order valence-electron chi connectivity index (χ3n) is 4.56. The van der Waals surface area contributed by atoms with E-state index >= 15 is 0 Å². The number of non-ortho nitro benzene ring substituents is 1. The largest absolute Gasteiger partial charge is 0.497 e. The van der Waals surface area contributed by atoms with Crippen LogP contribution in [0.25, 0.3) is 0 Å². The van der Waals surface area contributed by atoms with Crippen LogP contribution in [-0.2, 0) is 11.3 Å². The van der Waals surface area contributed by atoms with E-state index in [9.17, 15) is 19.3 Å². The molecule has 0 aliphatic rings. The van der Waals surface area contributed by atoms with Gasteiger partial charge < -0.3 is 19.4 Å². The predicted octanol–water partition coefficient (Wildman–Crippen LogP) is 4.22. The molecule has 0 bridgehead atoms. The second-order valence-electron chi connectivity index (χ2n) is 6.78. The number of nitro benzene ring substituents is 1. The van der Waals surface area contributed by atoms with E-state index in [1.165, 1.54) is 0 Å². The Bertz CT molecular complexity index is 1140. The van der Waals surface area contributed by atoms with Crippen molar-refractivity contribution in [3.63, 3.8) is 0 Å². The van der Waals surface area contributed by atoms with Crippen molar-refractivity contribution in [2.75, 3.05) is 18.2 Å². The van der Waals surface area contributed by atoms with Gasteiger partial charge in [-0.05, 0) is 44.2 Å². The van der Waals surface area contributed by atoms with Crippen molar-refractivity contribution in [3.05, 3.63) is 64.2 Å². The van der Waals surface area contributed by atoms with Crippen LogP contribution in [0.1, 0.15) is 25.8 Å². The first-order chi connectivity index (χ1) is 15.8. The van der Waals surface area contributed by atoms with E-state index in [2.05, 4.69) is 15.5 Å². The third kappa shape index (κ3) is 5.98. The molecule has 1 amide bonds. The van der Waals surface area contributed by atoms with Gasteiger partial charge in [-0.25, -0.2) is 4.39 Å². The van der Waals surface area contributed by atoms with Crippen molar-refractivity contribution in [1.82, 2.24) is 14.8 Å². The smallest absolute Gasteiger partial charge is 0.271 e. The van der Waals surface area contributed by atoms with Gasteiger partial charge in [0, 0.05) is 18.7 Å². The fraction of sp³-hybridized carbons (Fsp3) is 0.286. The Morgan fingerprint density at radius 2 is 1.94 bits per heavy atom. The maximum Gasteiger partial charge on any atom is 0.271 e. The molecule has 0 fully saturated rings. The second-order valence-corrected chi connectivity index (χ2v) is 7.72. The predicted molar refractivity (Wildman–Crippen MR) is 120 cm³/mol. The van der Waals surface area contributed by atoms with Crippen molar-refractivity contribution in [2.24, 2.45) is 0 Å². The summed E-state index contributed by atoms with van der Waals surface area (Å²) in [5.74, 6) is 0.557. The van der Waals surface area contributed by atoms with E-state index in [0.717, 1.165) is 30.0 Å². The van der Waals surface area contributed by atoms with Crippen molar-refractivity contribution < 1.29 is 23.6 Å². The summed E-state index contributed by atoms with van der Waals surface area (Å²) in [5.41, 5.74) is -0.575. The van der Waals surface area contributed by atoms with Gasteiger partial charge in [0.2, 0.25) is 5.91 Å². The van der Waals surface area contributed by atoms with Crippen molar-refractivity contribution in [3.8, 4) is 11.5 Å². The SMILES string of the molecule is CCn1c(SCC(=O)Nc2cc([N+](=O)[O-])ccc2F)nnc1C(C)Oc1ccc(OC)cc1. The molecule has 0 aliphatic heterocycles. The number of anilines is 1. The Balaban J connectivity index is 1.64.